The lowest BCUT2D eigenvalue weighted by molar-refractivity contribution is -0.121. The van der Waals surface area contributed by atoms with E-state index in [1.807, 2.05) is 19.9 Å². The first kappa shape index (κ1) is 18.6. The molecule has 1 aromatic carbocycles. The summed E-state index contributed by atoms with van der Waals surface area (Å²) in [5.41, 5.74) is 1.95. The number of aryl methyl sites for hydroxylation is 1. The minimum absolute atomic E-state index is 0.0190. The highest BCUT2D eigenvalue weighted by Crippen LogP contribution is 2.26. The number of benzene rings is 1. The van der Waals surface area contributed by atoms with Crippen LogP contribution in [0.25, 0.3) is 0 Å². The van der Waals surface area contributed by atoms with Gasteiger partial charge in [-0.15, -0.1) is 11.3 Å². The fourth-order valence-electron chi connectivity index (χ4n) is 2.06. The van der Waals surface area contributed by atoms with E-state index in [0.717, 1.165) is 27.8 Å². The van der Waals surface area contributed by atoms with E-state index in [1.165, 1.54) is 0 Å². The van der Waals surface area contributed by atoms with Crippen LogP contribution in [0, 0.1) is 6.92 Å². The van der Waals surface area contributed by atoms with Crippen molar-refractivity contribution in [2.24, 2.45) is 0 Å². The largest absolute Gasteiger partial charge is 0.350 e. The highest BCUT2D eigenvalue weighted by Gasteiger charge is 2.13. The van der Waals surface area contributed by atoms with E-state index in [2.05, 4.69) is 15.7 Å². The zero-order valence-electron chi connectivity index (χ0n) is 12.9. The van der Waals surface area contributed by atoms with Gasteiger partial charge in [0.15, 0.2) is 0 Å². The van der Waals surface area contributed by atoms with Crippen molar-refractivity contribution >= 4 is 52.2 Å². The Morgan fingerprint density at radius 2 is 2.22 bits per heavy atom. The van der Waals surface area contributed by atoms with Crippen molar-refractivity contribution < 1.29 is 4.79 Å². The molecule has 1 unspecified atom stereocenters. The highest BCUT2D eigenvalue weighted by atomic mass is 35.5. The Labute approximate surface area is 154 Å². The van der Waals surface area contributed by atoms with E-state index in [1.54, 1.807) is 35.2 Å². The lowest BCUT2D eigenvalue weighted by Crippen LogP contribution is -2.27. The van der Waals surface area contributed by atoms with Crippen LogP contribution in [-0.2, 0) is 10.5 Å². The number of carbonyl (C=O) groups excluding carboxylic acids is 1. The van der Waals surface area contributed by atoms with Crippen LogP contribution in [0.4, 0.5) is 0 Å². The Hall–Kier alpha value is -0.750. The fraction of sp³-hybridized carbons (Fsp3) is 0.375. The second-order valence-electron chi connectivity index (χ2n) is 5.12. The monoisotopic (exact) mass is 388 g/mol. The first-order chi connectivity index (χ1) is 11.0. The molecule has 1 amide bonds. The number of thioether (sulfide) groups is 1. The number of hydrogen-bond acceptors (Lipinski definition) is 4. The van der Waals surface area contributed by atoms with Gasteiger partial charge in [-0.3, -0.25) is 4.79 Å². The molecule has 0 spiro atoms. The van der Waals surface area contributed by atoms with Gasteiger partial charge in [0, 0.05) is 33.4 Å². The van der Waals surface area contributed by atoms with Crippen molar-refractivity contribution in [1.29, 1.82) is 0 Å². The molecule has 1 atom stereocenters. The van der Waals surface area contributed by atoms with Crippen molar-refractivity contribution in [2.45, 2.75) is 32.1 Å². The number of rotatable bonds is 7. The second kappa shape index (κ2) is 8.92. The Balaban J connectivity index is 1.73. The first-order valence-electron chi connectivity index (χ1n) is 7.18. The Kier molecular flexibility index (Phi) is 7.21. The van der Waals surface area contributed by atoms with E-state index in [4.69, 9.17) is 23.2 Å². The molecule has 7 heteroatoms. The summed E-state index contributed by atoms with van der Waals surface area (Å²) in [7, 11) is 0. The van der Waals surface area contributed by atoms with Gasteiger partial charge in [0.05, 0.1) is 16.7 Å². The van der Waals surface area contributed by atoms with E-state index in [0.29, 0.717) is 16.5 Å². The smallest absolute Gasteiger partial charge is 0.221 e. The molecule has 3 nitrogen and oxygen atoms in total. The van der Waals surface area contributed by atoms with E-state index in [9.17, 15) is 4.79 Å². The van der Waals surface area contributed by atoms with Gasteiger partial charge in [-0.05, 0) is 31.5 Å². The van der Waals surface area contributed by atoms with Crippen LogP contribution >= 0.6 is 46.3 Å². The minimum Gasteiger partial charge on any atom is -0.350 e. The van der Waals surface area contributed by atoms with Gasteiger partial charge in [-0.1, -0.05) is 29.3 Å². The van der Waals surface area contributed by atoms with Crippen LogP contribution in [0.1, 0.15) is 35.7 Å². The van der Waals surface area contributed by atoms with Gasteiger partial charge < -0.3 is 5.32 Å². The molecule has 0 fully saturated rings. The maximum atomic E-state index is 12.0. The summed E-state index contributed by atoms with van der Waals surface area (Å²) in [5.74, 6) is 1.63. The molecular weight excluding hydrogens is 371 g/mol. The van der Waals surface area contributed by atoms with Gasteiger partial charge in [0.1, 0.15) is 0 Å². The van der Waals surface area contributed by atoms with Crippen molar-refractivity contribution in [1.82, 2.24) is 10.3 Å². The third kappa shape index (κ3) is 5.99. The quantitative estimate of drug-likeness (QED) is 0.657. The van der Waals surface area contributed by atoms with E-state index in [-0.39, 0.29) is 11.9 Å². The van der Waals surface area contributed by atoms with Crippen LogP contribution in [-0.4, -0.2) is 16.6 Å². The van der Waals surface area contributed by atoms with Gasteiger partial charge in [0.25, 0.3) is 0 Å². The maximum absolute atomic E-state index is 12.0. The molecule has 0 aliphatic carbocycles. The number of halogens is 2. The van der Waals surface area contributed by atoms with Crippen LogP contribution in [0.5, 0.6) is 0 Å². The molecule has 124 valence electrons. The average Bonchev–Trinajstić information content (AvgIpc) is 2.89. The predicted molar refractivity (Wildman–Crippen MR) is 101 cm³/mol. The summed E-state index contributed by atoms with van der Waals surface area (Å²) in [6, 6.07) is 5.16. The fourth-order valence-corrected chi connectivity index (χ4v) is 4.18. The predicted octanol–water partition coefficient (Wildman–Crippen LogP) is 5.26. The Morgan fingerprint density at radius 3 is 2.87 bits per heavy atom. The van der Waals surface area contributed by atoms with E-state index >= 15 is 0 Å². The Morgan fingerprint density at radius 1 is 1.43 bits per heavy atom. The highest BCUT2D eigenvalue weighted by molar-refractivity contribution is 7.98. The summed E-state index contributed by atoms with van der Waals surface area (Å²) in [5, 5.41) is 7.26. The minimum atomic E-state index is -0.140. The average molecular weight is 389 g/mol. The van der Waals surface area contributed by atoms with Crippen molar-refractivity contribution in [3.05, 3.63) is 49.9 Å². The van der Waals surface area contributed by atoms with Gasteiger partial charge in [0.2, 0.25) is 5.91 Å². The molecule has 0 aliphatic heterocycles. The third-order valence-corrected chi connectivity index (χ3v) is 5.57. The molecule has 0 bridgehead atoms. The molecule has 23 heavy (non-hydrogen) atoms. The SMILES string of the molecule is Cc1nc(CSCCC(=O)NC(C)c2ccc(Cl)cc2Cl)cs1. The first-order valence-corrected chi connectivity index (χ1v) is 9.98. The van der Waals surface area contributed by atoms with Gasteiger partial charge >= 0.3 is 0 Å². The summed E-state index contributed by atoms with van der Waals surface area (Å²) < 4.78 is 0. The van der Waals surface area contributed by atoms with Crippen LogP contribution in [0.2, 0.25) is 10.0 Å². The summed E-state index contributed by atoms with van der Waals surface area (Å²) in [4.78, 5) is 16.4. The lowest BCUT2D eigenvalue weighted by atomic mass is 10.1. The van der Waals surface area contributed by atoms with Gasteiger partial charge in [-0.2, -0.15) is 11.8 Å². The maximum Gasteiger partial charge on any atom is 0.221 e. The molecule has 2 rings (SSSR count). The lowest BCUT2D eigenvalue weighted by Gasteiger charge is -2.16. The molecular formula is C16H18Cl2N2OS2. The molecule has 0 radical (unpaired) electrons. The zero-order chi connectivity index (χ0) is 16.8. The summed E-state index contributed by atoms with van der Waals surface area (Å²) >= 11 is 15.4. The standard InChI is InChI=1S/C16H18Cl2N2OS2/c1-10(14-4-3-12(17)7-15(14)18)19-16(21)5-6-22-8-13-9-23-11(2)20-13/h3-4,7,9-10H,5-6,8H2,1-2H3,(H,19,21). The van der Waals surface area contributed by atoms with Crippen LogP contribution < -0.4 is 5.32 Å². The molecule has 0 aliphatic rings. The topological polar surface area (TPSA) is 42.0 Å². The molecule has 0 saturated heterocycles. The number of amides is 1. The zero-order valence-corrected chi connectivity index (χ0v) is 16.1. The number of nitrogens with zero attached hydrogens (tertiary/aromatic N) is 1. The summed E-state index contributed by atoms with van der Waals surface area (Å²) in [6.07, 6.45) is 0.476. The number of hydrogen-bond donors (Lipinski definition) is 1. The second-order valence-corrected chi connectivity index (χ2v) is 8.13. The van der Waals surface area contributed by atoms with Crippen molar-refractivity contribution in [3.8, 4) is 0 Å². The number of thiazole rings is 1. The summed E-state index contributed by atoms with van der Waals surface area (Å²) in [6.45, 7) is 3.91. The normalized spacial score (nSPS) is 12.2. The number of nitrogens with one attached hydrogen (secondary N) is 1. The van der Waals surface area contributed by atoms with Gasteiger partial charge in [-0.25, -0.2) is 4.98 Å². The number of carbonyl (C=O) groups is 1. The van der Waals surface area contributed by atoms with E-state index < -0.39 is 0 Å². The van der Waals surface area contributed by atoms with Crippen molar-refractivity contribution in [3.63, 3.8) is 0 Å². The molecule has 0 saturated carbocycles. The third-order valence-electron chi connectivity index (χ3n) is 3.20. The molecule has 1 heterocycles. The molecule has 1 N–H and O–H groups in total. The van der Waals surface area contributed by atoms with Crippen LogP contribution in [0.15, 0.2) is 23.6 Å². The Bertz CT molecular complexity index is 676. The number of aromatic nitrogens is 1. The molecule has 1 aromatic heterocycles. The van der Waals surface area contributed by atoms with Crippen molar-refractivity contribution in [2.75, 3.05) is 5.75 Å². The van der Waals surface area contributed by atoms with Crippen LogP contribution in [0.3, 0.4) is 0 Å². The molecule has 2 aromatic rings.